The molecule has 1 aromatic rings. The Labute approximate surface area is 102 Å². The summed E-state index contributed by atoms with van der Waals surface area (Å²) in [7, 11) is -3.29. The maximum atomic E-state index is 11.9. The van der Waals surface area contributed by atoms with E-state index in [1.165, 1.54) is 6.20 Å². The van der Waals surface area contributed by atoms with Crippen LogP contribution in [-0.2, 0) is 10.0 Å². The molecule has 1 atom stereocenters. The minimum absolute atomic E-state index is 0.0675. The molecule has 0 amide bonds. The molecule has 17 heavy (non-hydrogen) atoms. The number of rotatable bonds is 4. The van der Waals surface area contributed by atoms with Crippen LogP contribution in [0.1, 0.15) is 19.3 Å². The predicted octanol–water partition coefficient (Wildman–Crippen LogP) is 0.965. The maximum Gasteiger partial charge on any atom is 0.234 e. The summed E-state index contributed by atoms with van der Waals surface area (Å²) in [5.41, 5.74) is 0.517. The van der Waals surface area contributed by atoms with Gasteiger partial charge < -0.3 is 5.32 Å². The van der Waals surface area contributed by atoms with Crippen molar-refractivity contribution >= 4 is 15.7 Å². The molecular formula is C11H17N3O2S. The van der Waals surface area contributed by atoms with Crippen LogP contribution < -0.4 is 10.0 Å². The van der Waals surface area contributed by atoms with Crippen molar-refractivity contribution in [1.29, 1.82) is 0 Å². The second-order valence-corrected chi connectivity index (χ2v) is 6.04. The second kappa shape index (κ2) is 5.46. The predicted molar refractivity (Wildman–Crippen MR) is 67.3 cm³/mol. The van der Waals surface area contributed by atoms with Crippen LogP contribution >= 0.6 is 0 Å². The second-order valence-electron chi connectivity index (χ2n) is 4.27. The minimum Gasteiger partial charge on any atom is -0.313 e. The van der Waals surface area contributed by atoms with E-state index in [9.17, 15) is 8.42 Å². The van der Waals surface area contributed by atoms with Crippen LogP contribution in [0.15, 0.2) is 24.5 Å². The van der Waals surface area contributed by atoms with E-state index in [4.69, 9.17) is 0 Å². The zero-order chi connectivity index (χ0) is 12.1. The number of anilines is 1. The van der Waals surface area contributed by atoms with Crippen LogP contribution in [0, 0.1) is 0 Å². The summed E-state index contributed by atoms with van der Waals surface area (Å²) in [4.78, 5) is 3.87. The molecule has 0 aromatic carbocycles. The van der Waals surface area contributed by atoms with E-state index in [-0.39, 0.29) is 11.8 Å². The molecule has 1 unspecified atom stereocenters. The third kappa shape index (κ3) is 3.98. The molecule has 2 heterocycles. The Morgan fingerprint density at radius 3 is 3.00 bits per heavy atom. The van der Waals surface area contributed by atoms with Gasteiger partial charge in [0, 0.05) is 12.2 Å². The van der Waals surface area contributed by atoms with Crippen LogP contribution in [0.25, 0.3) is 0 Å². The summed E-state index contributed by atoms with van der Waals surface area (Å²) in [6.07, 6.45) is 6.27. The van der Waals surface area contributed by atoms with Crippen molar-refractivity contribution in [2.75, 3.05) is 17.0 Å². The van der Waals surface area contributed by atoms with Crippen LogP contribution in [0.3, 0.4) is 0 Å². The smallest absolute Gasteiger partial charge is 0.234 e. The maximum absolute atomic E-state index is 11.9. The van der Waals surface area contributed by atoms with Crippen LogP contribution in [0.5, 0.6) is 0 Å². The summed E-state index contributed by atoms with van der Waals surface area (Å²) in [5, 5.41) is 3.23. The van der Waals surface area contributed by atoms with Crippen molar-refractivity contribution in [2.45, 2.75) is 25.3 Å². The van der Waals surface area contributed by atoms with Gasteiger partial charge >= 0.3 is 0 Å². The first kappa shape index (κ1) is 12.3. The minimum atomic E-state index is -3.29. The Balaban J connectivity index is 1.94. The quantitative estimate of drug-likeness (QED) is 0.841. The Morgan fingerprint density at radius 2 is 2.35 bits per heavy atom. The lowest BCUT2D eigenvalue weighted by Crippen LogP contribution is -2.40. The SMILES string of the molecule is O=S(=O)(CC1CCCCN1)Nc1cccnc1. The van der Waals surface area contributed by atoms with Gasteiger partial charge in [-0.2, -0.15) is 0 Å². The van der Waals surface area contributed by atoms with E-state index < -0.39 is 10.0 Å². The molecule has 5 nitrogen and oxygen atoms in total. The molecular weight excluding hydrogens is 238 g/mol. The zero-order valence-electron chi connectivity index (χ0n) is 9.59. The number of hydrogen-bond donors (Lipinski definition) is 2. The van der Waals surface area contributed by atoms with E-state index >= 15 is 0 Å². The number of nitrogens with one attached hydrogen (secondary N) is 2. The van der Waals surface area contributed by atoms with E-state index in [0.717, 1.165) is 25.8 Å². The van der Waals surface area contributed by atoms with Crippen molar-refractivity contribution < 1.29 is 8.42 Å². The average molecular weight is 255 g/mol. The van der Waals surface area contributed by atoms with Crippen molar-refractivity contribution in [3.8, 4) is 0 Å². The number of sulfonamides is 1. The number of pyridine rings is 1. The highest BCUT2D eigenvalue weighted by molar-refractivity contribution is 7.92. The molecule has 0 bridgehead atoms. The zero-order valence-corrected chi connectivity index (χ0v) is 10.4. The van der Waals surface area contributed by atoms with Gasteiger partial charge in [0.1, 0.15) is 0 Å². The summed E-state index contributed by atoms with van der Waals surface area (Å²) in [6, 6.07) is 3.47. The van der Waals surface area contributed by atoms with Crippen LogP contribution in [0.4, 0.5) is 5.69 Å². The van der Waals surface area contributed by atoms with Crippen LogP contribution in [0.2, 0.25) is 0 Å². The summed E-state index contributed by atoms with van der Waals surface area (Å²) in [5.74, 6) is 0.127. The average Bonchev–Trinajstić information content (AvgIpc) is 2.30. The van der Waals surface area contributed by atoms with Gasteiger partial charge in [-0.15, -0.1) is 0 Å². The number of aromatic nitrogens is 1. The molecule has 1 fully saturated rings. The van der Waals surface area contributed by atoms with Crippen molar-refractivity contribution in [3.63, 3.8) is 0 Å². The molecule has 6 heteroatoms. The lowest BCUT2D eigenvalue weighted by molar-refractivity contribution is 0.424. The molecule has 1 aromatic heterocycles. The normalized spacial score (nSPS) is 21.1. The molecule has 0 aliphatic carbocycles. The molecule has 1 saturated heterocycles. The number of hydrogen-bond acceptors (Lipinski definition) is 4. The largest absolute Gasteiger partial charge is 0.313 e. The van der Waals surface area contributed by atoms with Gasteiger partial charge in [-0.25, -0.2) is 8.42 Å². The lowest BCUT2D eigenvalue weighted by Gasteiger charge is -2.23. The van der Waals surface area contributed by atoms with Gasteiger partial charge in [-0.3, -0.25) is 9.71 Å². The van der Waals surface area contributed by atoms with Gasteiger partial charge in [0.25, 0.3) is 0 Å². The van der Waals surface area contributed by atoms with Crippen molar-refractivity contribution in [1.82, 2.24) is 10.3 Å². The topological polar surface area (TPSA) is 71.1 Å². The summed E-state index contributed by atoms with van der Waals surface area (Å²) < 4.78 is 26.3. The fraction of sp³-hybridized carbons (Fsp3) is 0.545. The van der Waals surface area contributed by atoms with Gasteiger partial charge in [0.05, 0.1) is 17.6 Å². The highest BCUT2D eigenvalue weighted by Gasteiger charge is 2.20. The Kier molecular flexibility index (Phi) is 3.96. The molecule has 0 radical (unpaired) electrons. The van der Waals surface area contributed by atoms with E-state index in [0.29, 0.717) is 5.69 Å². The Hall–Kier alpha value is -1.14. The fourth-order valence-corrected chi connectivity index (χ4v) is 3.35. The van der Waals surface area contributed by atoms with Gasteiger partial charge in [0.15, 0.2) is 0 Å². The molecule has 0 spiro atoms. The molecule has 94 valence electrons. The third-order valence-electron chi connectivity index (χ3n) is 2.77. The van der Waals surface area contributed by atoms with Gasteiger partial charge in [-0.1, -0.05) is 6.42 Å². The number of piperidine rings is 1. The van der Waals surface area contributed by atoms with Crippen LogP contribution in [-0.4, -0.2) is 31.7 Å². The molecule has 1 aliphatic heterocycles. The van der Waals surface area contributed by atoms with Gasteiger partial charge in [0.2, 0.25) is 10.0 Å². The lowest BCUT2D eigenvalue weighted by atomic mass is 10.1. The molecule has 2 rings (SSSR count). The third-order valence-corrected chi connectivity index (χ3v) is 4.16. The molecule has 2 N–H and O–H groups in total. The van der Waals surface area contributed by atoms with E-state index in [1.54, 1.807) is 18.3 Å². The molecule has 0 saturated carbocycles. The van der Waals surface area contributed by atoms with Gasteiger partial charge in [-0.05, 0) is 31.5 Å². The molecule has 1 aliphatic rings. The highest BCUT2D eigenvalue weighted by atomic mass is 32.2. The summed E-state index contributed by atoms with van der Waals surface area (Å²) in [6.45, 7) is 0.910. The van der Waals surface area contributed by atoms with Crippen molar-refractivity contribution in [2.24, 2.45) is 0 Å². The summed E-state index contributed by atoms with van der Waals surface area (Å²) >= 11 is 0. The van der Waals surface area contributed by atoms with E-state index in [1.807, 2.05) is 0 Å². The fourth-order valence-electron chi connectivity index (χ4n) is 1.98. The Morgan fingerprint density at radius 1 is 1.47 bits per heavy atom. The monoisotopic (exact) mass is 255 g/mol. The Bertz CT molecular complexity index is 441. The first-order chi connectivity index (χ1) is 8.16. The first-order valence-corrected chi connectivity index (χ1v) is 7.45. The van der Waals surface area contributed by atoms with Crippen molar-refractivity contribution in [3.05, 3.63) is 24.5 Å². The highest BCUT2D eigenvalue weighted by Crippen LogP contribution is 2.11. The first-order valence-electron chi connectivity index (χ1n) is 5.80. The van der Waals surface area contributed by atoms with E-state index in [2.05, 4.69) is 15.0 Å². The standard InChI is InChI=1S/C11H17N3O2S/c15-17(16,9-11-4-1-2-7-13-11)14-10-5-3-6-12-8-10/h3,5-6,8,11,13-14H,1-2,4,7,9H2. The number of nitrogens with zero attached hydrogens (tertiary/aromatic N) is 1.